The third-order valence-electron chi connectivity index (χ3n) is 4.42. The number of Topliss-reactive ketones (excluding diaryl/α,β-unsaturated/α-hetero) is 1. The molecule has 0 unspecified atom stereocenters. The molecule has 1 aromatic heterocycles. The van der Waals surface area contributed by atoms with E-state index in [4.69, 9.17) is 9.47 Å². The van der Waals surface area contributed by atoms with Crippen molar-refractivity contribution in [2.75, 3.05) is 12.4 Å². The molecule has 3 aromatic rings. The SMILES string of the molecule is CC.CCOC(=O)c1cccc(CC(=O)CSc2nnc(COc3ccccc3)n2CC)c1. The molecule has 0 aliphatic carbocycles. The van der Waals surface area contributed by atoms with E-state index >= 15 is 0 Å². The van der Waals surface area contributed by atoms with E-state index in [0.717, 1.165) is 11.3 Å². The van der Waals surface area contributed by atoms with Crippen LogP contribution in [0.4, 0.5) is 0 Å². The van der Waals surface area contributed by atoms with Gasteiger partial charge in [-0.3, -0.25) is 4.79 Å². The second-order valence-electron chi connectivity index (χ2n) is 6.67. The molecule has 0 aliphatic heterocycles. The van der Waals surface area contributed by atoms with E-state index in [1.54, 1.807) is 25.1 Å². The fourth-order valence-corrected chi connectivity index (χ4v) is 3.84. The van der Waals surface area contributed by atoms with Gasteiger partial charge in [0.1, 0.15) is 18.1 Å². The molecule has 0 aliphatic rings. The van der Waals surface area contributed by atoms with Crippen molar-refractivity contribution in [2.45, 2.75) is 52.4 Å². The van der Waals surface area contributed by atoms with Crippen LogP contribution in [-0.2, 0) is 29.1 Å². The Balaban J connectivity index is 0.00000187. The number of esters is 1. The van der Waals surface area contributed by atoms with Crippen molar-refractivity contribution in [3.8, 4) is 5.75 Å². The minimum absolute atomic E-state index is 0.0405. The topological polar surface area (TPSA) is 83.3 Å². The van der Waals surface area contributed by atoms with E-state index in [0.29, 0.717) is 36.3 Å². The predicted octanol–water partition coefficient (Wildman–Crippen LogP) is 4.98. The van der Waals surface area contributed by atoms with Crippen molar-refractivity contribution in [2.24, 2.45) is 0 Å². The number of ketones is 1. The van der Waals surface area contributed by atoms with Gasteiger partial charge in [-0.05, 0) is 43.7 Å². The normalized spacial score (nSPS) is 10.2. The highest BCUT2D eigenvalue weighted by atomic mass is 32.2. The molecule has 0 spiro atoms. The third-order valence-corrected chi connectivity index (χ3v) is 5.45. The van der Waals surface area contributed by atoms with Gasteiger partial charge in [-0.1, -0.05) is 55.9 Å². The molecule has 0 N–H and O–H groups in total. The molecular formula is C25H31N3O4S. The number of nitrogens with zero attached hydrogens (tertiary/aromatic N) is 3. The maximum atomic E-state index is 12.5. The maximum absolute atomic E-state index is 12.5. The van der Waals surface area contributed by atoms with Crippen molar-refractivity contribution >= 4 is 23.5 Å². The van der Waals surface area contributed by atoms with Crippen LogP contribution in [0.5, 0.6) is 5.75 Å². The van der Waals surface area contributed by atoms with Gasteiger partial charge in [0.05, 0.1) is 17.9 Å². The Hall–Kier alpha value is -3.13. The van der Waals surface area contributed by atoms with Crippen LogP contribution in [0.3, 0.4) is 0 Å². The van der Waals surface area contributed by atoms with Gasteiger partial charge in [0.25, 0.3) is 0 Å². The molecule has 0 atom stereocenters. The smallest absolute Gasteiger partial charge is 0.338 e. The van der Waals surface area contributed by atoms with Gasteiger partial charge in [0.2, 0.25) is 0 Å². The maximum Gasteiger partial charge on any atom is 0.338 e. The molecule has 8 heteroatoms. The number of hydrogen-bond acceptors (Lipinski definition) is 7. The quantitative estimate of drug-likeness (QED) is 0.289. The van der Waals surface area contributed by atoms with E-state index in [-0.39, 0.29) is 23.9 Å². The van der Waals surface area contributed by atoms with Crippen LogP contribution in [0.15, 0.2) is 59.8 Å². The Morgan fingerprint density at radius 3 is 2.45 bits per heavy atom. The molecule has 0 radical (unpaired) electrons. The number of carbonyl (C=O) groups is 2. The van der Waals surface area contributed by atoms with Gasteiger partial charge in [0.15, 0.2) is 11.0 Å². The minimum Gasteiger partial charge on any atom is -0.486 e. The lowest BCUT2D eigenvalue weighted by Gasteiger charge is -2.09. The number of rotatable bonds is 11. The minimum atomic E-state index is -0.382. The highest BCUT2D eigenvalue weighted by molar-refractivity contribution is 7.99. The Bertz CT molecular complexity index is 1020. The van der Waals surface area contributed by atoms with Gasteiger partial charge < -0.3 is 14.0 Å². The largest absolute Gasteiger partial charge is 0.486 e. The number of carbonyl (C=O) groups excluding carboxylic acids is 2. The number of aromatic nitrogens is 3. The third kappa shape index (κ3) is 8.05. The van der Waals surface area contributed by atoms with Crippen LogP contribution in [0, 0.1) is 0 Å². The summed E-state index contributed by atoms with van der Waals surface area (Å²) in [6, 6.07) is 16.5. The monoisotopic (exact) mass is 469 g/mol. The molecule has 3 rings (SSSR count). The van der Waals surface area contributed by atoms with Crippen LogP contribution < -0.4 is 4.74 Å². The Labute approximate surface area is 199 Å². The molecule has 0 amide bonds. The standard InChI is InChI=1S/C23H25N3O4S.C2H6/c1-3-26-21(15-30-20-11-6-5-7-12-20)24-25-23(26)31-16-19(27)14-17-9-8-10-18(13-17)22(28)29-4-2;1-2/h5-13H,3-4,14-16H2,1-2H3;1-2H3. The highest BCUT2D eigenvalue weighted by Crippen LogP contribution is 2.19. The van der Waals surface area contributed by atoms with Crippen LogP contribution in [0.25, 0.3) is 0 Å². The summed E-state index contributed by atoms with van der Waals surface area (Å²) in [6.45, 7) is 9.06. The first-order valence-corrected chi connectivity index (χ1v) is 12.1. The average Bonchev–Trinajstić information content (AvgIpc) is 3.25. The lowest BCUT2D eigenvalue weighted by molar-refractivity contribution is -0.116. The molecule has 1 heterocycles. The van der Waals surface area contributed by atoms with E-state index < -0.39 is 0 Å². The molecule has 2 aromatic carbocycles. The lowest BCUT2D eigenvalue weighted by Crippen LogP contribution is -2.10. The lowest BCUT2D eigenvalue weighted by atomic mass is 10.1. The van der Waals surface area contributed by atoms with Crippen molar-refractivity contribution in [3.63, 3.8) is 0 Å². The number of benzene rings is 2. The Morgan fingerprint density at radius 1 is 1.00 bits per heavy atom. The van der Waals surface area contributed by atoms with Crippen molar-refractivity contribution in [1.82, 2.24) is 14.8 Å². The summed E-state index contributed by atoms with van der Waals surface area (Å²) in [5.41, 5.74) is 1.23. The van der Waals surface area contributed by atoms with Gasteiger partial charge >= 0.3 is 5.97 Å². The second kappa shape index (κ2) is 14.1. The fourth-order valence-electron chi connectivity index (χ4n) is 2.96. The van der Waals surface area contributed by atoms with E-state index in [2.05, 4.69) is 10.2 Å². The van der Waals surface area contributed by atoms with E-state index in [1.807, 2.05) is 61.7 Å². The average molecular weight is 470 g/mol. The van der Waals surface area contributed by atoms with E-state index in [1.165, 1.54) is 11.8 Å². The van der Waals surface area contributed by atoms with Gasteiger partial charge in [-0.2, -0.15) is 0 Å². The van der Waals surface area contributed by atoms with Gasteiger partial charge in [-0.15, -0.1) is 10.2 Å². The first-order chi connectivity index (χ1) is 16.1. The molecule has 33 heavy (non-hydrogen) atoms. The molecule has 0 saturated carbocycles. The van der Waals surface area contributed by atoms with E-state index in [9.17, 15) is 9.59 Å². The second-order valence-corrected chi connectivity index (χ2v) is 7.61. The summed E-state index contributed by atoms with van der Waals surface area (Å²) in [7, 11) is 0. The molecular weight excluding hydrogens is 438 g/mol. The van der Waals surface area contributed by atoms with Crippen molar-refractivity contribution in [1.29, 1.82) is 0 Å². The summed E-state index contributed by atoms with van der Waals surface area (Å²) in [6.07, 6.45) is 0.241. The zero-order valence-corrected chi connectivity index (χ0v) is 20.4. The predicted molar refractivity (Wildman–Crippen MR) is 130 cm³/mol. The summed E-state index contributed by atoms with van der Waals surface area (Å²) in [5.74, 6) is 1.40. The molecule has 176 valence electrons. The Kier molecular flexibility index (Phi) is 11.2. The number of para-hydroxylation sites is 1. The Morgan fingerprint density at radius 2 is 1.76 bits per heavy atom. The first-order valence-electron chi connectivity index (χ1n) is 11.1. The van der Waals surface area contributed by atoms with Crippen LogP contribution >= 0.6 is 11.8 Å². The molecule has 0 saturated heterocycles. The summed E-state index contributed by atoms with van der Waals surface area (Å²) in [4.78, 5) is 24.4. The zero-order valence-electron chi connectivity index (χ0n) is 19.6. The fraction of sp³-hybridized carbons (Fsp3) is 0.360. The summed E-state index contributed by atoms with van der Waals surface area (Å²) < 4.78 is 12.7. The number of hydrogen-bond donors (Lipinski definition) is 0. The number of ether oxygens (including phenoxy) is 2. The van der Waals surface area contributed by atoms with Gasteiger partial charge in [-0.25, -0.2) is 4.79 Å². The molecule has 0 fully saturated rings. The summed E-state index contributed by atoms with van der Waals surface area (Å²) in [5, 5.41) is 9.12. The van der Waals surface area contributed by atoms with Crippen molar-refractivity contribution < 1.29 is 19.1 Å². The van der Waals surface area contributed by atoms with Crippen molar-refractivity contribution in [3.05, 3.63) is 71.5 Å². The first kappa shape index (κ1) is 26.1. The van der Waals surface area contributed by atoms with Crippen LogP contribution in [0.1, 0.15) is 49.4 Å². The number of thioether (sulfide) groups is 1. The molecule has 0 bridgehead atoms. The van der Waals surface area contributed by atoms with Gasteiger partial charge in [0, 0.05) is 13.0 Å². The zero-order chi connectivity index (χ0) is 24.1. The van der Waals surface area contributed by atoms with Crippen LogP contribution in [-0.4, -0.2) is 38.9 Å². The summed E-state index contributed by atoms with van der Waals surface area (Å²) >= 11 is 1.35. The van der Waals surface area contributed by atoms with Crippen LogP contribution in [0.2, 0.25) is 0 Å². The molecule has 7 nitrogen and oxygen atoms in total. The highest BCUT2D eigenvalue weighted by Gasteiger charge is 2.15.